The van der Waals surface area contributed by atoms with Crippen LogP contribution in [0.5, 0.6) is 5.75 Å². The van der Waals surface area contributed by atoms with Crippen molar-refractivity contribution >= 4 is 0 Å². The highest BCUT2D eigenvalue weighted by atomic mass is 19.3. The van der Waals surface area contributed by atoms with E-state index in [1.165, 1.54) is 13.2 Å². The molecule has 0 aliphatic carbocycles. The van der Waals surface area contributed by atoms with E-state index in [1.807, 2.05) is 0 Å². The molecule has 0 saturated heterocycles. The molecule has 1 aromatic carbocycles. The Kier molecular flexibility index (Phi) is 3.63. The van der Waals surface area contributed by atoms with Crippen molar-refractivity contribution in [3.05, 3.63) is 29.3 Å². The number of hydrogen-bond acceptors (Lipinski definition) is 2. The summed E-state index contributed by atoms with van der Waals surface area (Å²) in [5, 5.41) is 8.56. The van der Waals surface area contributed by atoms with Crippen LogP contribution in [0.25, 0.3) is 0 Å². The van der Waals surface area contributed by atoms with Gasteiger partial charge in [0.25, 0.3) is 5.92 Å². The summed E-state index contributed by atoms with van der Waals surface area (Å²) < 4.78 is 31.9. The fraction of sp³-hybridized carbons (Fsp3) is 0.455. The van der Waals surface area contributed by atoms with Crippen molar-refractivity contribution in [3.63, 3.8) is 0 Å². The van der Waals surface area contributed by atoms with E-state index >= 15 is 0 Å². The van der Waals surface area contributed by atoms with Crippen LogP contribution in [0.4, 0.5) is 8.78 Å². The van der Waals surface area contributed by atoms with Crippen molar-refractivity contribution in [2.75, 3.05) is 13.7 Å². The number of benzene rings is 1. The van der Waals surface area contributed by atoms with Crippen LogP contribution in [0, 0.1) is 6.92 Å². The van der Waals surface area contributed by atoms with Crippen LogP contribution in [0.15, 0.2) is 18.2 Å². The maximum absolute atomic E-state index is 13.5. The molecule has 0 fully saturated rings. The third kappa shape index (κ3) is 2.65. The van der Waals surface area contributed by atoms with Crippen molar-refractivity contribution in [3.8, 4) is 5.75 Å². The Balaban J connectivity index is 3.12. The molecule has 0 radical (unpaired) electrons. The molecule has 0 aromatic heterocycles. The summed E-state index contributed by atoms with van der Waals surface area (Å²) in [5.41, 5.74) is 0.681. The summed E-state index contributed by atoms with van der Waals surface area (Å²) in [6.45, 7) is 1.25. The molecule has 15 heavy (non-hydrogen) atoms. The Bertz CT molecular complexity index is 337. The van der Waals surface area contributed by atoms with E-state index in [9.17, 15) is 8.78 Å². The average molecular weight is 216 g/mol. The second kappa shape index (κ2) is 4.57. The van der Waals surface area contributed by atoms with E-state index in [4.69, 9.17) is 9.84 Å². The van der Waals surface area contributed by atoms with Gasteiger partial charge < -0.3 is 9.84 Å². The molecule has 0 spiro atoms. The quantitative estimate of drug-likeness (QED) is 0.837. The lowest BCUT2D eigenvalue weighted by molar-refractivity contribution is -0.0287. The second-order valence-corrected chi connectivity index (χ2v) is 3.38. The predicted octanol–water partition coefficient (Wildman–Crippen LogP) is 2.48. The predicted molar refractivity (Wildman–Crippen MR) is 53.3 cm³/mol. The highest BCUT2D eigenvalue weighted by molar-refractivity contribution is 5.39. The monoisotopic (exact) mass is 216 g/mol. The zero-order valence-corrected chi connectivity index (χ0v) is 8.76. The summed E-state index contributed by atoms with van der Waals surface area (Å²) in [7, 11) is 1.35. The largest absolute Gasteiger partial charge is 0.496 e. The number of ether oxygens (including phenoxy) is 1. The number of aliphatic hydroxyl groups is 1. The number of alkyl halides is 2. The first-order valence-electron chi connectivity index (χ1n) is 4.65. The Labute approximate surface area is 87.5 Å². The van der Waals surface area contributed by atoms with Crippen molar-refractivity contribution in [1.82, 2.24) is 0 Å². The van der Waals surface area contributed by atoms with E-state index in [2.05, 4.69) is 0 Å². The first-order chi connectivity index (χ1) is 7.01. The normalized spacial score (nSPS) is 11.5. The van der Waals surface area contributed by atoms with Crippen molar-refractivity contribution in [1.29, 1.82) is 0 Å². The van der Waals surface area contributed by atoms with Crippen LogP contribution in [0.2, 0.25) is 0 Å². The zero-order valence-electron chi connectivity index (χ0n) is 8.76. The lowest BCUT2D eigenvalue weighted by Gasteiger charge is -2.18. The number of aryl methyl sites for hydroxylation is 1. The molecule has 0 heterocycles. The summed E-state index contributed by atoms with van der Waals surface area (Å²) in [4.78, 5) is 0. The van der Waals surface area contributed by atoms with Gasteiger partial charge in [-0.05, 0) is 24.6 Å². The lowest BCUT2D eigenvalue weighted by atomic mass is 10.0. The molecule has 4 heteroatoms. The summed E-state index contributed by atoms with van der Waals surface area (Å²) in [6, 6.07) is 4.49. The highest BCUT2D eigenvalue weighted by Gasteiger charge is 2.33. The summed E-state index contributed by atoms with van der Waals surface area (Å²) >= 11 is 0. The Morgan fingerprint density at radius 2 is 2.07 bits per heavy atom. The van der Waals surface area contributed by atoms with Gasteiger partial charge in [0, 0.05) is 13.0 Å². The van der Waals surface area contributed by atoms with Gasteiger partial charge in [-0.3, -0.25) is 0 Å². The number of rotatable bonds is 4. The van der Waals surface area contributed by atoms with Crippen molar-refractivity contribution < 1.29 is 18.6 Å². The minimum atomic E-state index is -3.05. The van der Waals surface area contributed by atoms with Gasteiger partial charge >= 0.3 is 0 Å². The third-order valence-electron chi connectivity index (χ3n) is 2.18. The van der Waals surface area contributed by atoms with Crippen LogP contribution in [0.1, 0.15) is 17.5 Å². The molecule has 0 atom stereocenters. The van der Waals surface area contributed by atoms with Gasteiger partial charge in [-0.2, -0.15) is 0 Å². The highest BCUT2D eigenvalue weighted by Crippen LogP contribution is 2.37. The lowest BCUT2D eigenvalue weighted by Crippen LogP contribution is -2.16. The van der Waals surface area contributed by atoms with Gasteiger partial charge in [0.15, 0.2) is 0 Å². The van der Waals surface area contributed by atoms with E-state index < -0.39 is 19.0 Å². The molecular weight excluding hydrogens is 202 g/mol. The van der Waals surface area contributed by atoms with Crippen molar-refractivity contribution in [2.24, 2.45) is 0 Å². The van der Waals surface area contributed by atoms with E-state index in [0.29, 0.717) is 0 Å². The number of halogens is 2. The second-order valence-electron chi connectivity index (χ2n) is 3.38. The van der Waals surface area contributed by atoms with Crippen LogP contribution in [-0.4, -0.2) is 18.8 Å². The van der Waals surface area contributed by atoms with Gasteiger partial charge in [0.1, 0.15) is 5.75 Å². The molecule has 2 nitrogen and oxygen atoms in total. The van der Waals surface area contributed by atoms with Crippen LogP contribution >= 0.6 is 0 Å². The average Bonchev–Trinajstić information content (AvgIpc) is 2.17. The maximum atomic E-state index is 13.5. The van der Waals surface area contributed by atoms with E-state index in [1.54, 1.807) is 19.1 Å². The minimum absolute atomic E-state index is 0.161. The van der Waals surface area contributed by atoms with Gasteiger partial charge in [-0.15, -0.1) is 0 Å². The molecule has 0 saturated carbocycles. The summed E-state index contributed by atoms with van der Waals surface area (Å²) in [6.07, 6.45) is -0.591. The maximum Gasteiger partial charge on any atom is 0.279 e. The molecule has 84 valence electrons. The van der Waals surface area contributed by atoms with Gasteiger partial charge in [-0.25, -0.2) is 8.78 Å². The van der Waals surface area contributed by atoms with Crippen LogP contribution in [-0.2, 0) is 5.92 Å². The van der Waals surface area contributed by atoms with E-state index in [-0.39, 0.29) is 11.3 Å². The topological polar surface area (TPSA) is 29.5 Å². The molecule has 0 amide bonds. The molecule has 0 bridgehead atoms. The smallest absolute Gasteiger partial charge is 0.279 e. The molecule has 1 rings (SSSR count). The first kappa shape index (κ1) is 11.9. The Morgan fingerprint density at radius 3 is 2.60 bits per heavy atom. The first-order valence-corrected chi connectivity index (χ1v) is 4.65. The number of hydrogen-bond donors (Lipinski definition) is 1. The summed E-state index contributed by atoms with van der Waals surface area (Å²) in [5.74, 6) is -2.89. The fourth-order valence-corrected chi connectivity index (χ4v) is 1.38. The third-order valence-corrected chi connectivity index (χ3v) is 2.18. The molecule has 1 aromatic rings. The Hall–Kier alpha value is -1.16. The molecule has 0 aliphatic heterocycles. The number of aliphatic hydroxyl groups excluding tert-OH is 1. The Morgan fingerprint density at radius 1 is 1.40 bits per heavy atom. The standard InChI is InChI=1S/C11H14F2O2/c1-8-3-4-9(10(7-8)15-2)11(12,13)5-6-14/h3-4,7,14H,5-6H2,1-2H3. The van der Waals surface area contributed by atoms with Crippen molar-refractivity contribution in [2.45, 2.75) is 19.3 Å². The van der Waals surface area contributed by atoms with Gasteiger partial charge in [0.2, 0.25) is 0 Å². The van der Waals surface area contributed by atoms with Crippen LogP contribution in [0.3, 0.4) is 0 Å². The molecule has 0 aliphatic rings. The molecule has 1 N–H and O–H groups in total. The number of methoxy groups -OCH3 is 1. The fourth-order valence-electron chi connectivity index (χ4n) is 1.38. The molecular formula is C11H14F2O2. The molecule has 0 unspecified atom stereocenters. The van der Waals surface area contributed by atoms with Gasteiger partial charge in [-0.1, -0.05) is 6.07 Å². The zero-order chi connectivity index (χ0) is 11.5. The SMILES string of the molecule is COc1cc(C)ccc1C(F)(F)CCO. The van der Waals surface area contributed by atoms with Gasteiger partial charge in [0.05, 0.1) is 12.7 Å². The van der Waals surface area contributed by atoms with E-state index in [0.717, 1.165) is 5.56 Å². The minimum Gasteiger partial charge on any atom is -0.496 e. The van der Waals surface area contributed by atoms with Crippen LogP contribution < -0.4 is 4.74 Å².